The molecule has 0 aromatic heterocycles. The van der Waals surface area contributed by atoms with Gasteiger partial charge >= 0.3 is 0 Å². The molecule has 2 rings (SSSR count). The monoisotopic (exact) mass is 263 g/mol. The molecule has 3 atom stereocenters. The zero-order chi connectivity index (χ0) is 13.8. The van der Waals surface area contributed by atoms with Gasteiger partial charge in [0, 0.05) is 26.2 Å². The Balaban J connectivity index is 1.99. The van der Waals surface area contributed by atoms with E-state index in [4.69, 9.17) is 4.74 Å². The third-order valence-electron chi connectivity index (χ3n) is 4.14. The minimum absolute atomic E-state index is 0.386. The Kier molecular flexibility index (Phi) is 4.97. The van der Waals surface area contributed by atoms with Crippen LogP contribution in [0, 0.1) is 6.92 Å². The number of rotatable bonds is 5. The largest absolute Gasteiger partial charge is 0.389 e. The zero-order valence-corrected chi connectivity index (χ0v) is 12.2. The maximum Gasteiger partial charge on any atom is 0.0900 e. The summed E-state index contributed by atoms with van der Waals surface area (Å²) in [4.78, 5) is 2.38. The molecule has 0 saturated carbocycles. The van der Waals surface area contributed by atoms with Gasteiger partial charge in [-0.05, 0) is 37.3 Å². The first-order valence-electron chi connectivity index (χ1n) is 7.08. The number of benzene rings is 1. The Morgan fingerprint density at radius 1 is 1.42 bits per heavy atom. The molecule has 0 aliphatic carbocycles. The predicted molar refractivity (Wildman–Crippen MR) is 77.5 cm³/mol. The van der Waals surface area contributed by atoms with Crippen molar-refractivity contribution >= 4 is 0 Å². The molecular weight excluding hydrogens is 238 g/mol. The van der Waals surface area contributed by atoms with Crippen molar-refractivity contribution in [3.8, 4) is 0 Å². The van der Waals surface area contributed by atoms with Crippen molar-refractivity contribution in [2.45, 2.75) is 38.3 Å². The number of ether oxygens (including phenoxy) is 1. The van der Waals surface area contributed by atoms with Gasteiger partial charge in [-0.25, -0.2) is 0 Å². The molecule has 1 aromatic carbocycles. The summed E-state index contributed by atoms with van der Waals surface area (Å²) < 4.78 is 5.00. The van der Waals surface area contributed by atoms with Gasteiger partial charge in [-0.3, -0.25) is 4.90 Å². The third-order valence-corrected chi connectivity index (χ3v) is 4.14. The Morgan fingerprint density at radius 3 is 2.84 bits per heavy atom. The molecule has 1 aliphatic heterocycles. The van der Waals surface area contributed by atoms with Gasteiger partial charge in [0.25, 0.3) is 0 Å². The Hall–Kier alpha value is -0.900. The van der Waals surface area contributed by atoms with Crippen LogP contribution in [0.3, 0.4) is 0 Å². The Labute approximate surface area is 116 Å². The smallest absolute Gasteiger partial charge is 0.0900 e. The molecule has 19 heavy (non-hydrogen) atoms. The number of β-amino-alcohol motifs (C(OH)–C–C–N with tert-alkyl or cyclic N) is 1. The normalized spacial score (nSPS) is 25.7. The van der Waals surface area contributed by atoms with E-state index in [9.17, 15) is 5.11 Å². The highest BCUT2D eigenvalue weighted by molar-refractivity contribution is 5.30. The number of aliphatic hydroxyl groups is 1. The minimum Gasteiger partial charge on any atom is -0.389 e. The van der Waals surface area contributed by atoms with Crippen LogP contribution in [0.25, 0.3) is 0 Å². The molecule has 0 unspecified atom stereocenters. The summed E-state index contributed by atoms with van der Waals surface area (Å²) >= 11 is 0. The molecule has 106 valence electrons. The molecule has 0 amide bonds. The summed E-state index contributed by atoms with van der Waals surface area (Å²) in [6, 6.07) is 9.16. The van der Waals surface area contributed by atoms with Gasteiger partial charge in [-0.1, -0.05) is 24.3 Å². The lowest BCUT2D eigenvalue weighted by atomic mass is 9.93. The summed E-state index contributed by atoms with van der Waals surface area (Å²) in [5.74, 6) is 0.589. The second kappa shape index (κ2) is 6.51. The van der Waals surface area contributed by atoms with E-state index in [1.54, 1.807) is 7.11 Å². The fourth-order valence-electron chi connectivity index (χ4n) is 3.14. The van der Waals surface area contributed by atoms with Crippen LogP contribution in [-0.4, -0.2) is 49.0 Å². The number of nitrogens with zero attached hydrogens (tertiary/aromatic N) is 1. The lowest BCUT2D eigenvalue weighted by Crippen LogP contribution is -2.36. The average Bonchev–Trinajstić information content (AvgIpc) is 2.71. The van der Waals surface area contributed by atoms with Crippen LogP contribution in [0.2, 0.25) is 0 Å². The number of hydrogen-bond donors (Lipinski definition) is 1. The van der Waals surface area contributed by atoms with Crippen molar-refractivity contribution in [1.82, 2.24) is 4.90 Å². The molecule has 1 saturated heterocycles. The highest BCUT2D eigenvalue weighted by atomic mass is 16.5. The molecule has 1 aromatic rings. The molecular formula is C16H25NO2. The molecule has 1 aliphatic rings. The van der Waals surface area contributed by atoms with E-state index in [1.165, 1.54) is 17.5 Å². The van der Waals surface area contributed by atoms with Crippen LogP contribution in [0.5, 0.6) is 0 Å². The predicted octanol–water partition coefficient (Wildman–Crippen LogP) is 2.18. The van der Waals surface area contributed by atoms with Crippen molar-refractivity contribution < 1.29 is 9.84 Å². The number of hydrogen-bond acceptors (Lipinski definition) is 3. The van der Waals surface area contributed by atoms with E-state index in [-0.39, 0.29) is 6.10 Å². The SMILES string of the molecule is COC[C@H](O)CN1C[C@@H](c2ccccc2C)C[C@@H]1C. The van der Waals surface area contributed by atoms with Crippen molar-refractivity contribution in [3.05, 3.63) is 35.4 Å². The molecule has 1 N–H and O–H groups in total. The third kappa shape index (κ3) is 3.56. The highest BCUT2D eigenvalue weighted by Gasteiger charge is 2.31. The number of likely N-dealkylation sites (tertiary alicyclic amines) is 1. The van der Waals surface area contributed by atoms with Gasteiger partial charge in [-0.15, -0.1) is 0 Å². The first-order chi connectivity index (χ1) is 9.11. The summed E-state index contributed by atoms with van der Waals surface area (Å²) in [5, 5.41) is 9.87. The van der Waals surface area contributed by atoms with E-state index in [1.807, 2.05) is 0 Å². The van der Waals surface area contributed by atoms with Gasteiger partial charge in [-0.2, -0.15) is 0 Å². The summed E-state index contributed by atoms with van der Waals surface area (Å²) in [6.45, 7) is 6.59. The standard InChI is InChI=1S/C16H25NO2/c1-12-6-4-5-7-16(12)14-8-13(2)17(9-14)10-15(18)11-19-3/h4-7,13-15,18H,8-11H2,1-3H3/t13-,14-,15+/m0/s1. The Morgan fingerprint density at radius 2 is 2.16 bits per heavy atom. The van der Waals surface area contributed by atoms with Crippen LogP contribution in [-0.2, 0) is 4.74 Å². The number of aliphatic hydroxyl groups excluding tert-OH is 1. The van der Waals surface area contributed by atoms with Crippen LogP contribution in [0.4, 0.5) is 0 Å². The van der Waals surface area contributed by atoms with Crippen LogP contribution in [0.1, 0.15) is 30.4 Å². The summed E-state index contributed by atoms with van der Waals surface area (Å²) in [5.41, 5.74) is 2.83. The van der Waals surface area contributed by atoms with E-state index < -0.39 is 0 Å². The van der Waals surface area contributed by atoms with Crippen molar-refractivity contribution in [3.63, 3.8) is 0 Å². The molecule has 3 nitrogen and oxygen atoms in total. The van der Waals surface area contributed by atoms with Crippen molar-refractivity contribution in [1.29, 1.82) is 0 Å². The second-order valence-electron chi connectivity index (χ2n) is 5.70. The fraction of sp³-hybridized carbons (Fsp3) is 0.625. The maximum absolute atomic E-state index is 9.87. The van der Waals surface area contributed by atoms with Crippen molar-refractivity contribution in [2.24, 2.45) is 0 Å². The fourth-order valence-corrected chi connectivity index (χ4v) is 3.14. The van der Waals surface area contributed by atoms with E-state index >= 15 is 0 Å². The molecule has 0 bridgehead atoms. The first-order valence-corrected chi connectivity index (χ1v) is 7.08. The van der Waals surface area contributed by atoms with Crippen molar-refractivity contribution in [2.75, 3.05) is 26.8 Å². The van der Waals surface area contributed by atoms with Crippen LogP contribution < -0.4 is 0 Å². The van der Waals surface area contributed by atoms with Gasteiger partial charge in [0.05, 0.1) is 12.7 Å². The first kappa shape index (κ1) is 14.5. The van der Waals surface area contributed by atoms with Gasteiger partial charge in [0.2, 0.25) is 0 Å². The molecule has 1 fully saturated rings. The molecule has 0 spiro atoms. The van der Waals surface area contributed by atoms with E-state index in [2.05, 4.69) is 43.0 Å². The lowest BCUT2D eigenvalue weighted by molar-refractivity contribution is 0.0360. The number of methoxy groups -OCH3 is 1. The Bertz CT molecular complexity index is 407. The quantitative estimate of drug-likeness (QED) is 0.884. The molecule has 1 heterocycles. The van der Waals surface area contributed by atoms with Gasteiger partial charge in [0.15, 0.2) is 0 Å². The average molecular weight is 263 g/mol. The zero-order valence-electron chi connectivity index (χ0n) is 12.2. The van der Waals surface area contributed by atoms with Crippen LogP contribution in [0.15, 0.2) is 24.3 Å². The van der Waals surface area contributed by atoms with E-state index in [0.29, 0.717) is 25.1 Å². The minimum atomic E-state index is -0.386. The second-order valence-corrected chi connectivity index (χ2v) is 5.70. The van der Waals surface area contributed by atoms with Gasteiger partial charge < -0.3 is 9.84 Å². The van der Waals surface area contributed by atoms with Crippen LogP contribution >= 0.6 is 0 Å². The molecule has 0 radical (unpaired) electrons. The maximum atomic E-state index is 9.87. The summed E-state index contributed by atoms with van der Waals surface area (Å²) in [7, 11) is 1.63. The molecule has 3 heteroatoms. The topological polar surface area (TPSA) is 32.7 Å². The van der Waals surface area contributed by atoms with E-state index in [0.717, 1.165) is 6.54 Å². The lowest BCUT2D eigenvalue weighted by Gasteiger charge is -2.23. The highest BCUT2D eigenvalue weighted by Crippen LogP contribution is 2.33. The van der Waals surface area contributed by atoms with Gasteiger partial charge in [0.1, 0.15) is 0 Å². The number of aryl methyl sites for hydroxylation is 1. The summed E-state index contributed by atoms with van der Waals surface area (Å²) in [6.07, 6.45) is 0.785.